The number of nitrogens with zero attached hydrogens (tertiary/aromatic N) is 1. The maximum Gasteiger partial charge on any atom is 0.0326 e. The summed E-state index contributed by atoms with van der Waals surface area (Å²) in [6.45, 7) is 13.9. The van der Waals surface area contributed by atoms with Crippen molar-refractivity contribution in [3.05, 3.63) is 35.4 Å². The van der Waals surface area contributed by atoms with Gasteiger partial charge in [-0.05, 0) is 43.7 Å². The van der Waals surface area contributed by atoms with Gasteiger partial charge >= 0.3 is 0 Å². The van der Waals surface area contributed by atoms with Gasteiger partial charge in [-0.25, -0.2) is 0 Å². The molecule has 0 aromatic heterocycles. The molecule has 0 bridgehead atoms. The summed E-state index contributed by atoms with van der Waals surface area (Å²) in [7, 11) is 0. The van der Waals surface area contributed by atoms with Gasteiger partial charge in [-0.2, -0.15) is 0 Å². The Labute approximate surface area is 130 Å². The van der Waals surface area contributed by atoms with Crippen LogP contribution in [0.25, 0.3) is 0 Å². The normalized spacial score (nSPS) is 25.2. The second-order valence-corrected chi connectivity index (χ2v) is 7.03. The second-order valence-electron chi connectivity index (χ2n) is 7.03. The van der Waals surface area contributed by atoms with Crippen LogP contribution in [-0.2, 0) is 0 Å². The van der Waals surface area contributed by atoms with Crippen molar-refractivity contribution in [2.45, 2.75) is 65.6 Å². The molecule has 2 nitrogen and oxygen atoms in total. The molecule has 1 aromatic rings. The predicted molar refractivity (Wildman–Crippen MR) is 91.6 cm³/mol. The maximum absolute atomic E-state index is 3.76. The van der Waals surface area contributed by atoms with Crippen LogP contribution in [0.3, 0.4) is 0 Å². The third-order valence-corrected chi connectivity index (χ3v) is 4.91. The van der Waals surface area contributed by atoms with E-state index in [1.807, 2.05) is 0 Å². The molecule has 118 valence electrons. The van der Waals surface area contributed by atoms with E-state index in [9.17, 15) is 0 Å². The molecule has 21 heavy (non-hydrogen) atoms. The van der Waals surface area contributed by atoms with Gasteiger partial charge in [-0.1, -0.05) is 45.0 Å². The van der Waals surface area contributed by atoms with E-state index < -0.39 is 0 Å². The fourth-order valence-corrected chi connectivity index (χ4v) is 3.70. The fourth-order valence-electron chi connectivity index (χ4n) is 3.70. The minimum absolute atomic E-state index is 0.507. The lowest BCUT2D eigenvalue weighted by atomic mass is 9.94. The minimum Gasteiger partial charge on any atom is -0.311 e. The molecule has 1 N–H and O–H groups in total. The lowest BCUT2D eigenvalue weighted by Crippen LogP contribution is -2.57. The summed E-state index contributed by atoms with van der Waals surface area (Å²) in [6, 6.07) is 10.7. The molecule has 1 heterocycles. The highest BCUT2D eigenvalue weighted by molar-refractivity contribution is 5.28. The Morgan fingerprint density at radius 3 is 2.57 bits per heavy atom. The molecule has 0 aliphatic carbocycles. The van der Waals surface area contributed by atoms with Gasteiger partial charge in [0.2, 0.25) is 0 Å². The molecule has 0 saturated carbocycles. The number of nitrogens with one attached hydrogen (secondary N) is 1. The van der Waals surface area contributed by atoms with Crippen molar-refractivity contribution in [1.82, 2.24) is 10.2 Å². The zero-order valence-electron chi connectivity index (χ0n) is 14.4. The third-order valence-electron chi connectivity index (χ3n) is 4.91. The van der Waals surface area contributed by atoms with Gasteiger partial charge < -0.3 is 5.32 Å². The van der Waals surface area contributed by atoms with Crippen molar-refractivity contribution >= 4 is 0 Å². The molecule has 3 unspecified atom stereocenters. The summed E-state index contributed by atoms with van der Waals surface area (Å²) >= 11 is 0. The van der Waals surface area contributed by atoms with E-state index in [2.05, 4.69) is 69.1 Å². The zero-order chi connectivity index (χ0) is 15.4. The molecule has 0 amide bonds. The smallest absolute Gasteiger partial charge is 0.0326 e. The molecule has 1 aliphatic rings. The molecule has 1 aromatic carbocycles. The topological polar surface area (TPSA) is 15.3 Å². The van der Waals surface area contributed by atoms with E-state index in [1.165, 1.54) is 30.5 Å². The molecule has 2 rings (SSSR count). The Morgan fingerprint density at radius 2 is 1.95 bits per heavy atom. The summed E-state index contributed by atoms with van der Waals surface area (Å²) in [5.74, 6) is 0.760. The van der Waals surface area contributed by atoms with Gasteiger partial charge in [-0.3, -0.25) is 4.90 Å². The molecule has 0 spiro atoms. The van der Waals surface area contributed by atoms with Crippen molar-refractivity contribution in [2.24, 2.45) is 5.92 Å². The van der Waals surface area contributed by atoms with Crippen molar-refractivity contribution in [3.8, 4) is 0 Å². The van der Waals surface area contributed by atoms with Gasteiger partial charge in [0, 0.05) is 31.2 Å². The summed E-state index contributed by atoms with van der Waals surface area (Å²) in [5, 5.41) is 3.76. The Hall–Kier alpha value is -0.860. The molecule has 1 saturated heterocycles. The van der Waals surface area contributed by atoms with Gasteiger partial charge in [0.05, 0.1) is 0 Å². The Morgan fingerprint density at radius 1 is 1.24 bits per heavy atom. The molecule has 3 atom stereocenters. The van der Waals surface area contributed by atoms with Crippen molar-refractivity contribution < 1.29 is 0 Å². The van der Waals surface area contributed by atoms with Crippen LogP contribution >= 0.6 is 0 Å². The first-order chi connectivity index (χ1) is 10.0. The number of piperazine rings is 1. The van der Waals surface area contributed by atoms with Crippen LogP contribution in [0.15, 0.2) is 24.3 Å². The maximum atomic E-state index is 3.76. The van der Waals surface area contributed by atoms with Crippen LogP contribution in [0.2, 0.25) is 0 Å². The first kappa shape index (κ1) is 16.5. The zero-order valence-corrected chi connectivity index (χ0v) is 14.4. The summed E-state index contributed by atoms with van der Waals surface area (Å²) in [6.07, 6.45) is 2.49. The highest BCUT2D eigenvalue weighted by Crippen LogP contribution is 2.28. The molecular formula is C19H32N2. The first-order valence-electron chi connectivity index (χ1n) is 8.57. The predicted octanol–water partition coefficient (Wildman–Crippen LogP) is 4.15. The molecule has 0 radical (unpaired) electrons. The molecule has 2 heteroatoms. The van der Waals surface area contributed by atoms with Crippen LogP contribution in [0.1, 0.15) is 57.7 Å². The monoisotopic (exact) mass is 288 g/mol. The van der Waals surface area contributed by atoms with E-state index in [1.54, 1.807) is 0 Å². The van der Waals surface area contributed by atoms with Crippen LogP contribution < -0.4 is 5.32 Å². The number of hydrogen-bond donors (Lipinski definition) is 1. The quantitative estimate of drug-likeness (QED) is 0.875. The van der Waals surface area contributed by atoms with Crippen molar-refractivity contribution in [1.29, 1.82) is 0 Å². The summed E-state index contributed by atoms with van der Waals surface area (Å²) < 4.78 is 0. The van der Waals surface area contributed by atoms with E-state index in [-0.39, 0.29) is 0 Å². The van der Waals surface area contributed by atoms with Crippen molar-refractivity contribution in [3.63, 3.8) is 0 Å². The average Bonchev–Trinajstić information content (AvgIpc) is 2.46. The van der Waals surface area contributed by atoms with Crippen LogP contribution in [0.5, 0.6) is 0 Å². The first-order valence-corrected chi connectivity index (χ1v) is 8.57. The second kappa shape index (κ2) is 7.42. The number of aryl methyl sites for hydroxylation is 1. The largest absolute Gasteiger partial charge is 0.311 e. The Bertz CT molecular complexity index is 441. The standard InChI is InChI=1S/C19H32N2/c1-6-18-12-20-17(11-14(2)3)13-21(18)16(5)19-10-8-7-9-15(19)4/h7-10,14,16-18,20H,6,11-13H2,1-5H3. The van der Waals surface area contributed by atoms with Crippen LogP contribution in [0.4, 0.5) is 0 Å². The van der Waals surface area contributed by atoms with Crippen LogP contribution in [0, 0.1) is 12.8 Å². The lowest BCUT2D eigenvalue weighted by Gasteiger charge is -2.44. The highest BCUT2D eigenvalue weighted by Gasteiger charge is 2.31. The van der Waals surface area contributed by atoms with Gasteiger partial charge in [0.15, 0.2) is 0 Å². The highest BCUT2D eigenvalue weighted by atomic mass is 15.3. The Kier molecular flexibility index (Phi) is 5.83. The third kappa shape index (κ3) is 4.08. The van der Waals surface area contributed by atoms with E-state index >= 15 is 0 Å². The SMILES string of the molecule is CCC1CNC(CC(C)C)CN1C(C)c1ccccc1C. The van der Waals surface area contributed by atoms with Gasteiger partial charge in [-0.15, -0.1) is 0 Å². The Balaban J connectivity index is 2.15. The van der Waals surface area contributed by atoms with Crippen molar-refractivity contribution in [2.75, 3.05) is 13.1 Å². The molecule has 1 fully saturated rings. The lowest BCUT2D eigenvalue weighted by molar-refractivity contribution is 0.0800. The average molecular weight is 288 g/mol. The summed E-state index contributed by atoms with van der Waals surface area (Å²) in [4.78, 5) is 2.73. The molecule has 1 aliphatic heterocycles. The number of rotatable bonds is 5. The molecular weight excluding hydrogens is 256 g/mol. The van der Waals surface area contributed by atoms with E-state index in [0.29, 0.717) is 18.1 Å². The van der Waals surface area contributed by atoms with Gasteiger partial charge in [0.1, 0.15) is 0 Å². The van der Waals surface area contributed by atoms with E-state index in [4.69, 9.17) is 0 Å². The fraction of sp³-hybridized carbons (Fsp3) is 0.684. The number of benzene rings is 1. The summed E-state index contributed by atoms with van der Waals surface area (Å²) in [5.41, 5.74) is 2.90. The van der Waals surface area contributed by atoms with Crippen LogP contribution in [-0.4, -0.2) is 30.1 Å². The van der Waals surface area contributed by atoms with Gasteiger partial charge in [0.25, 0.3) is 0 Å². The van der Waals surface area contributed by atoms with E-state index in [0.717, 1.165) is 12.5 Å². The number of hydrogen-bond acceptors (Lipinski definition) is 2. The minimum atomic E-state index is 0.507.